The lowest BCUT2D eigenvalue weighted by Crippen LogP contribution is -2.37. The summed E-state index contributed by atoms with van der Waals surface area (Å²) >= 11 is 0. The van der Waals surface area contributed by atoms with Gasteiger partial charge >= 0.3 is 5.97 Å². The van der Waals surface area contributed by atoms with Gasteiger partial charge in [-0.1, -0.05) is 30.3 Å². The molecule has 1 atom stereocenters. The normalized spacial score (nSPS) is 21.5. The highest BCUT2D eigenvalue weighted by Crippen LogP contribution is 2.33. The SMILES string of the molecule is CN1C(=O)C(C(=O)OCc2ccccc2)CC1(C)C. The quantitative estimate of drug-likeness (QED) is 0.617. The van der Waals surface area contributed by atoms with Gasteiger partial charge in [-0.25, -0.2) is 0 Å². The molecule has 0 N–H and O–H groups in total. The van der Waals surface area contributed by atoms with Gasteiger partial charge in [0.1, 0.15) is 12.5 Å². The van der Waals surface area contributed by atoms with Gasteiger partial charge in [-0.2, -0.15) is 0 Å². The minimum atomic E-state index is -0.663. The van der Waals surface area contributed by atoms with E-state index in [0.717, 1.165) is 5.56 Å². The van der Waals surface area contributed by atoms with Crippen LogP contribution < -0.4 is 0 Å². The fraction of sp³-hybridized carbons (Fsp3) is 0.467. The predicted molar refractivity (Wildman–Crippen MR) is 71.2 cm³/mol. The molecule has 1 amide bonds. The van der Waals surface area contributed by atoms with Gasteiger partial charge in [-0.05, 0) is 25.8 Å². The van der Waals surface area contributed by atoms with Crippen LogP contribution in [-0.2, 0) is 20.9 Å². The van der Waals surface area contributed by atoms with Crippen molar-refractivity contribution in [2.75, 3.05) is 7.05 Å². The minimum Gasteiger partial charge on any atom is -0.460 e. The molecule has 1 aliphatic heterocycles. The summed E-state index contributed by atoms with van der Waals surface area (Å²) in [5.74, 6) is -1.24. The summed E-state index contributed by atoms with van der Waals surface area (Å²) in [5.41, 5.74) is 0.641. The Morgan fingerprint density at radius 2 is 2.00 bits per heavy atom. The summed E-state index contributed by atoms with van der Waals surface area (Å²) in [7, 11) is 1.73. The first kappa shape index (κ1) is 13.6. The van der Waals surface area contributed by atoms with Gasteiger partial charge in [0.25, 0.3) is 0 Å². The van der Waals surface area contributed by atoms with Crippen LogP contribution in [0, 0.1) is 5.92 Å². The van der Waals surface area contributed by atoms with Crippen molar-refractivity contribution in [2.24, 2.45) is 5.92 Å². The van der Waals surface area contributed by atoms with E-state index < -0.39 is 11.9 Å². The van der Waals surface area contributed by atoms with Crippen LogP contribution in [0.3, 0.4) is 0 Å². The Morgan fingerprint density at radius 1 is 1.37 bits per heavy atom. The smallest absolute Gasteiger partial charge is 0.318 e. The van der Waals surface area contributed by atoms with Crippen molar-refractivity contribution < 1.29 is 14.3 Å². The maximum atomic E-state index is 12.0. The summed E-state index contributed by atoms with van der Waals surface area (Å²) in [5, 5.41) is 0. The number of benzene rings is 1. The number of carbonyl (C=O) groups is 2. The molecule has 1 aliphatic rings. The molecule has 0 saturated carbocycles. The number of rotatable bonds is 3. The minimum absolute atomic E-state index is 0.150. The number of nitrogens with zero attached hydrogens (tertiary/aromatic N) is 1. The highest BCUT2D eigenvalue weighted by Gasteiger charge is 2.46. The fourth-order valence-electron chi connectivity index (χ4n) is 2.27. The first-order chi connectivity index (χ1) is 8.92. The number of carbonyl (C=O) groups excluding carboxylic acids is 2. The maximum Gasteiger partial charge on any atom is 0.318 e. The molecule has 1 heterocycles. The maximum absolute atomic E-state index is 12.0. The first-order valence-corrected chi connectivity index (χ1v) is 6.40. The van der Waals surface area contributed by atoms with Crippen LogP contribution in [-0.4, -0.2) is 29.4 Å². The van der Waals surface area contributed by atoms with E-state index >= 15 is 0 Å². The van der Waals surface area contributed by atoms with Gasteiger partial charge in [0.05, 0.1) is 0 Å². The van der Waals surface area contributed by atoms with E-state index in [4.69, 9.17) is 4.74 Å². The van der Waals surface area contributed by atoms with Crippen molar-refractivity contribution in [3.05, 3.63) is 35.9 Å². The van der Waals surface area contributed by atoms with E-state index in [1.807, 2.05) is 44.2 Å². The van der Waals surface area contributed by atoms with E-state index in [9.17, 15) is 9.59 Å². The Hall–Kier alpha value is -1.84. The molecule has 19 heavy (non-hydrogen) atoms. The number of likely N-dealkylation sites (tertiary alicyclic amines) is 1. The van der Waals surface area contributed by atoms with Crippen LogP contribution in [0.1, 0.15) is 25.8 Å². The topological polar surface area (TPSA) is 46.6 Å². The third kappa shape index (κ3) is 2.78. The Bertz CT molecular complexity index is 481. The van der Waals surface area contributed by atoms with E-state index in [0.29, 0.717) is 6.42 Å². The second kappa shape index (κ2) is 5.03. The zero-order chi connectivity index (χ0) is 14.0. The number of hydrogen-bond acceptors (Lipinski definition) is 3. The van der Waals surface area contributed by atoms with E-state index in [2.05, 4.69) is 0 Å². The van der Waals surface area contributed by atoms with Crippen LogP contribution in [0.2, 0.25) is 0 Å². The van der Waals surface area contributed by atoms with Crippen molar-refractivity contribution in [1.82, 2.24) is 4.90 Å². The predicted octanol–water partition coefficient (Wildman–Crippen LogP) is 1.99. The van der Waals surface area contributed by atoms with Crippen LogP contribution in [0.5, 0.6) is 0 Å². The Kier molecular flexibility index (Phi) is 3.60. The van der Waals surface area contributed by atoms with Crippen LogP contribution in [0.15, 0.2) is 30.3 Å². The van der Waals surface area contributed by atoms with Crippen molar-refractivity contribution >= 4 is 11.9 Å². The number of hydrogen-bond donors (Lipinski definition) is 0. The summed E-state index contributed by atoms with van der Waals surface area (Å²) in [6.07, 6.45) is 0.510. The third-order valence-corrected chi connectivity index (χ3v) is 3.75. The zero-order valence-corrected chi connectivity index (χ0v) is 11.6. The van der Waals surface area contributed by atoms with Crippen LogP contribution in [0.25, 0.3) is 0 Å². The summed E-state index contributed by atoms with van der Waals surface area (Å²) in [6, 6.07) is 9.46. The first-order valence-electron chi connectivity index (χ1n) is 6.40. The highest BCUT2D eigenvalue weighted by molar-refractivity contribution is 5.99. The van der Waals surface area contributed by atoms with E-state index in [1.54, 1.807) is 11.9 Å². The lowest BCUT2D eigenvalue weighted by atomic mass is 9.96. The van der Waals surface area contributed by atoms with Crippen LogP contribution >= 0.6 is 0 Å². The zero-order valence-electron chi connectivity index (χ0n) is 11.6. The summed E-state index contributed by atoms with van der Waals surface area (Å²) in [6.45, 7) is 4.12. The molecule has 0 radical (unpaired) electrons. The van der Waals surface area contributed by atoms with Gasteiger partial charge in [0.2, 0.25) is 5.91 Å². The Morgan fingerprint density at radius 3 is 2.53 bits per heavy atom. The molecule has 1 aromatic rings. The van der Waals surface area contributed by atoms with E-state index in [1.165, 1.54) is 0 Å². The molecular weight excluding hydrogens is 242 g/mol. The van der Waals surface area contributed by atoms with Crippen LogP contribution in [0.4, 0.5) is 0 Å². The Labute approximate surface area is 113 Å². The summed E-state index contributed by atoms with van der Waals surface area (Å²) < 4.78 is 5.24. The standard InChI is InChI=1S/C15H19NO3/c1-15(2)9-12(13(17)16(15)3)14(18)19-10-11-7-5-4-6-8-11/h4-8,12H,9-10H2,1-3H3. The molecule has 0 aromatic heterocycles. The fourth-order valence-corrected chi connectivity index (χ4v) is 2.27. The largest absolute Gasteiger partial charge is 0.460 e. The van der Waals surface area contributed by atoms with Gasteiger partial charge in [-0.15, -0.1) is 0 Å². The molecule has 1 saturated heterocycles. The van der Waals surface area contributed by atoms with Crippen molar-refractivity contribution in [2.45, 2.75) is 32.4 Å². The lowest BCUT2D eigenvalue weighted by molar-refractivity contribution is -0.153. The average Bonchev–Trinajstić information content (AvgIpc) is 2.61. The summed E-state index contributed by atoms with van der Waals surface area (Å²) in [4.78, 5) is 25.6. The molecule has 4 heteroatoms. The third-order valence-electron chi connectivity index (χ3n) is 3.75. The second-order valence-electron chi connectivity index (χ2n) is 5.56. The Balaban J connectivity index is 1.96. The highest BCUT2D eigenvalue weighted by atomic mass is 16.5. The molecule has 0 spiro atoms. The molecule has 0 bridgehead atoms. The molecule has 1 fully saturated rings. The van der Waals surface area contributed by atoms with Gasteiger partial charge in [0, 0.05) is 12.6 Å². The van der Waals surface area contributed by atoms with Gasteiger partial charge < -0.3 is 9.64 Å². The molecule has 2 rings (SSSR count). The molecule has 102 valence electrons. The molecular formula is C15H19NO3. The molecule has 1 unspecified atom stereocenters. The number of esters is 1. The van der Waals surface area contributed by atoms with Crippen molar-refractivity contribution in [3.63, 3.8) is 0 Å². The molecule has 0 aliphatic carbocycles. The van der Waals surface area contributed by atoms with E-state index in [-0.39, 0.29) is 18.1 Å². The number of ether oxygens (including phenoxy) is 1. The average molecular weight is 261 g/mol. The van der Waals surface area contributed by atoms with Crippen molar-refractivity contribution in [1.29, 1.82) is 0 Å². The second-order valence-corrected chi connectivity index (χ2v) is 5.56. The molecule has 4 nitrogen and oxygen atoms in total. The number of amides is 1. The lowest BCUT2D eigenvalue weighted by Gasteiger charge is -2.26. The van der Waals surface area contributed by atoms with Gasteiger partial charge in [0.15, 0.2) is 0 Å². The van der Waals surface area contributed by atoms with Gasteiger partial charge in [-0.3, -0.25) is 9.59 Å². The van der Waals surface area contributed by atoms with Crippen molar-refractivity contribution in [3.8, 4) is 0 Å². The molecule has 1 aromatic carbocycles. The monoisotopic (exact) mass is 261 g/mol.